The maximum absolute atomic E-state index is 9.47. The Morgan fingerprint density at radius 2 is 2.00 bits per heavy atom. The number of hydrogen-bond acceptors (Lipinski definition) is 4. The van der Waals surface area contributed by atoms with Crippen LogP contribution < -0.4 is 10.1 Å². The Morgan fingerprint density at radius 1 is 1.32 bits per heavy atom. The van der Waals surface area contributed by atoms with Crippen LogP contribution in [0.3, 0.4) is 0 Å². The van der Waals surface area contributed by atoms with Crippen LogP contribution in [-0.4, -0.2) is 37.2 Å². The van der Waals surface area contributed by atoms with Crippen LogP contribution in [0.5, 0.6) is 5.75 Å². The van der Waals surface area contributed by atoms with Crippen LogP contribution in [0.2, 0.25) is 0 Å². The van der Waals surface area contributed by atoms with E-state index in [2.05, 4.69) is 24.4 Å². The number of ether oxygens (including phenoxy) is 1. The van der Waals surface area contributed by atoms with Crippen molar-refractivity contribution in [3.8, 4) is 5.75 Å². The first kappa shape index (κ1) is 16.3. The highest BCUT2D eigenvalue weighted by molar-refractivity contribution is 7.99. The van der Waals surface area contributed by atoms with Crippen LogP contribution in [0, 0.1) is 0 Å². The van der Waals surface area contributed by atoms with Crippen molar-refractivity contribution in [2.24, 2.45) is 0 Å². The topological polar surface area (TPSA) is 41.5 Å². The lowest BCUT2D eigenvalue weighted by atomic mass is 9.92. The summed E-state index contributed by atoms with van der Waals surface area (Å²) in [4.78, 5) is 1.26. The summed E-state index contributed by atoms with van der Waals surface area (Å²) < 4.78 is 5.14. The van der Waals surface area contributed by atoms with E-state index in [4.69, 9.17) is 4.74 Å². The third-order valence-corrected chi connectivity index (χ3v) is 4.74. The molecule has 0 aromatic heterocycles. The molecule has 0 saturated carbocycles. The first-order valence-electron chi connectivity index (χ1n) is 6.76. The van der Waals surface area contributed by atoms with Gasteiger partial charge in [-0.3, -0.25) is 0 Å². The van der Waals surface area contributed by atoms with E-state index >= 15 is 0 Å². The number of thioether (sulfide) groups is 1. The molecular formula is C15H25NO2S. The molecule has 0 spiro atoms. The Bertz CT molecular complexity index is 341. The third-order valence-electron chi connectivity index (χ3n) is 3.64. The van der Waals surface area contributed by atoms with Gasteiger partial charge in [0.15, 0.2) is 0 Å². The number of nitrogens with one attached hydrogen (secondary N) is 1. The molecule has 0 radical (unpaired) electrons. The molecule has 0 aliphatic rings. The summed E-state index contributed by atoms with van der Waals surface area (Å²) in [5, 5.41) is 12.7. The van der Waals surface area contributed by atoms with E-state index in [0.717, 1.165) is 30.8 Å². The zero-order valence-corrected chi connectivity index (χ0v) is 12.9. The molecule has 108 valence electrons. The Balaban J connectivity index is 2.33. The van der Waals surface area contributed by atoms with Gasteiger partial charge in [-0.2, -0.15) is 0 Å². The van der Waals surface area contributed by atoms with Crippen LogP contribution in [0.4, 0.5) is 0 Å². The number of rotatable bonds is 9. The average Bonchev–Trinajstić information content (AvgIpc) is 2.49. The van der Waals surface area contributed by atoms with E-state index in [1.165, 1.54) is 4.90 Å². The molecule has 0 aliphatic heterocycles. The number of aliphatic hydroxyl groups is 1. The maximum Gasteiger partial charge on any atom is 0.118 e. The molecule has 19 heavy (non-hydrogen) atoms. The molecule has 0 aliphatic carbocycles. The van der Waals surface area contributed by atoms with Crippen LogP contribution >= 0.6 is 11.8 Å². The van der Waals surface area contributed by atoms with E-state index in [-0.39, 0.29) is 12.1 Å². The lowest BCUT2D eigenvalue weighted by Gasteiger charge is -2.30. The molecule has 0 amide bonds. The highest BCUT2D eigenvalue weighted by Gasteiger charge is 2.23. The standard InChI is InChI=1S/C15H25NO2S/c1-4-15(12-17,16-2)10-5-11-19-14-8-6-13(18-3)7-9-14/h6-9,16-17H,4-5,10-12H2,1-3H3. The number of methoxy groups -OCH3 is 1. The number of likely N-dealkylation sites (N-methyl/N-ethyl adjacent to an activating group) is 1. The average molecular weight is 283 g/mol. The van der Waals surface area contributed by atoms with Crippen molar-refractivity contribution in [3.05, 3.63) is 24.3 Å². The second-order valence-electron chi connectivity index (χ2n) is 4.67. The molecule has 0 saturated heterocycles. The molecular weight excluding hydrogens is 258 g/mol. The Labute approximate surface area is 120 Å². The molecule has 0 bridgehead atoms. The van der Waals surface area contributed by atoms with Gasteiger partial charge in [0, 0.05) is 10.4 Å². The molecule has 0 fully saturated rings. The Kier molecular flexibility index (Phi) is 7.28. The summed E-state index contributed by atoms with van der Waals surface area (Å²) in [5.41, 5.74) is -0.111. The van der Waals surface area contributed by atoms with Crippen molar-refractivity contribution in [1.29, 1.82) is 0 Å². The SMILES string of the molecule is CCC(CO)(CCCSc1ccc(OC)cc1)NC. The fraction of sp³-hybridized carbons (Fsp3) is 0.600. The maximum atomic E-state index is 9.47. The largest absolute Gasteiger partial charge is 0.497 e. The van der Waals surface area contributed by atoms with E-state index in [9.17, 15) is 5.11 Å². The van der Waals surface area contributed by atoms with Crippen molar-refractivity contribution in [3.63, 3.8) is 0 Å². The zero-order valence-electron chi connectivity index (χ0n) is 12.1. The predicted octanol–water partition coefficient (Wildman–Crippen LogP) is 2.93. The zero-order chi connectivity index (χ0) is 14.1. The molecule has 1 unspecified atom stereocenters. The molecule has 4 heteroatoms. The van der Waals surface area contributed by atoms with Gasteiger partial charge in [-0.15, -0.1) is 11.8 Å². The molecule has 3 nitrogen and oxygen atoms in total. The van der Waals surface area contributed by atoms with Crippen LogP contribution in [0.1, 0.15) is 26.2 Å². The first-order valence-corrected chi connectivity index (χ1v) is 7.75. The van der Waals surface area contributed by atoms with Crippen molar-refractivity contribution in [2.45, 2.75) is 36.6 Å². The van der Waals surface area contributed by atoms with Gasteiger partial charge in [0.1, 0.15) is 5.75 Å². The fourth-order valence-corrected chi connectivity index (χ4v) is 2.87. The third kappa shape index (κ3) is 5.05. The molecule has 1 aromatic carbocycles. The fourth-order valence-electron chi connectivity index (χ4n) is 2.02. The molecule has 2 N–H and O–H groups in total. The second-order valence-corrected chi connectivity index (χ2v) is 5.84. The number of aliphatic hydroxyl groups excluding tert-OH is 1. The summed E-state index contributed by atoms with van der Waals surface area (Å²) in [6.07, 6.45) is 3.04. The van der Waals surface area contributed by atoms with Gasteiger partial charge in [-0.25, -0.2) is 0 Å². The minimum Gasteiger partial charge on any atom is -0.497 e. The summed E-state index contributed by atoms with van der Waals surface area (Å²) in [6.45, 7) is 2.32. The first-order chi connectivity index (χ1) is 9.19. The number of hydrogen-bond donors (Lipinski definition) is 2. The van der Waals surface area contributed by atoms with Gasteiger partial charge in [0.2, 0.25) is 0 Å². The minimum absolute atomic E-state index is 0.111. The Morgan fingerprint density at radius 3 is 2.47 bits per heavy atom. The molecule has 0 heterocycles. The lowest BCUT2D eigenvalue weighted by Crippen LogP contribution is -2.45. The summed E-state index contributed by atoms with van der Waals surface area (Å²) in [6, 6.07) is 8.14. The quantitative estimate of drug-likeness (QED) is 0.540. The lowest BCUT2D eigenvalue weighted by molar-refractivity contribution is 0.154. The van der Waals surface area contributed by atoms with Gasteiger partial charge in [-0.1, -0.05) is 6.92 Å². The molecule has 1 atom stereocenters. The van der Waals surface area contributed by atoms with E-state index in [1.807, 2.05) is 30.9 Å². The van der Waals surface area contributed by atoms with Crippen molar-refractivity contribution in [2.75, 3.05) is 26.5 Å². The van der Waals surface area contributed by atoms with E-state index in [1.54, 1.807) is 7.11 Å². The van der Waals surface area contributed by atoms with Crippen LogP contribution in [0.15, 0.2) is 29.2 Å². The van der Waals surface area contributed by atoms with Gasteiger partial charge >= 0.3 is 0 Å². The molecule has 1 aromatic rings. The van der Waals surface area contributed by atoms with Crippen LogP contribution in [0.25, 0.3) is 0 Å². The van der Waals surface area contributed by atoms with Crippen LogP contribution in [-0.2, 0) is 0 Å². The summed E-state index contributed by atoms with van der Waals surface area (Å²) in [7, 11) is 3.61. The molecule has 1 rings (SSSR count). The monoisotopic (exact) mass is 283 g/mol. The normalized spacial score (nSPS) is 14.1. The second kappa shape index (κ2) is 8.46. The minimum atomic E-state index is -0.111. The van der Waals surface area contributed by atoms with E-state index < -0.39 is 0 Å². The van der Waals surface area contributed by atoms with Gasteiger partial charge in [0.05, 0.1) is 13.7 Å². The van der Waals surface area contributed by atoms with Gasteiger partial charge < -0.3 is 15.2 Å². The highest BCUT2D eigenvalue weighted by atomic mass is 32.2. The summed E-state index contributed by atoms with van der Waals surface area (Å²) >= 11 is 1.85. The highest BCUT2D eigenvalue weighted by Crippen LogP contribution is 2.24. The smallest absolute Gasteiger partial charge is 0.118 e. The summed E-state index contributed by atoms with van der Waals surface area (Å²) in [5.74, 6) is 1.96. The van der Waals surface area contributed by atoms with E-state index in [0.29, 0.717) is 0 Å². The van der Waals surface area contributed by atoms with Crippen molar-refractivity contribution in [1.82, 2.24) is 5.32 Å². The van der Waals surface area contributed by atoms with Crippen molar-refractivity contribution < 1.29 is 9.84 Å². The van der Waals surface area contributed by atoms with Gasteiger partial charge in [-0.05, 0) is 56.3 Å². The number of benzene rings is 1. The van der Waals surface area contributed by atoms with Gasteiger partial charge in [0.25, 0.3) is 0 Å². The Hall–Kier alpha value is -0.710. The predicted molar refractivity (Wildman–Crippen MR) is 82.1 cm³/mol. The van der Waals surface area contributed by atoms with Crippen molar-refractivity contribution >= 4 is 11.8 Å².